The van der Waals surface area contributed by atoms with Crippen molar-refractivity contribution in [1.82, 2.24) is 10.2 Å². The molecule has 0 aliphatic carbocycles. The molecule has 3 amide bonds. The van der Waals surface area contributed by atoms with Crippen LogP contribution in [0.4, 0.5) is 4.79 Å². The second kappa shape index (κ2) is 13.3. The molecule has 0 saturated carbocycles. The van der Waals surface area contributed by atoms with Crippen LogP contribution in [0, 0.1) is 6.92 Å². The van der Waals surface area contributed by atoms with E-state index in [-0.39, 0.29) is 6.54 Å². The molecule has 3 aromatic carbocycles. The van der Waals surface area contributed by atoms with Gasteiger partial charge in [-0.15, -0.1) is 0 Å². The van der Waals surface area contributed by atoms with E-state index < -0.39 is 36.2 Å². The number of aryl methyl sites for hydroxylation is 1. The van der Waals surface area contributed by atoms with Crippen molar-refractivity contribution in [2.75, 3.05) is 20.8 Å². The van der Waals surface area contributed by atoms with Crippen LogP contribution in [0.3, 0.4) is 0 Å². The number of amides is 3. The molecular formula is C29H32N2O7. The van der Waals surface area contributed by atoms with E-state index in [1.54, 1.807) is 49.4 Å². The lowest BCUT2D eigenvalue weighted by molar-refractivity contribution is -0.139. The summed E-state index contributed by atoms with van der Waals surface area (Å²) in [6, 6.07) is 23.5. The Kier molecular flexibility index (Phi) is 9.84. The number of cyclic esters (lactones) is 1. The lowest BCUT2D eigenvalue weighted by atomic mass is 10.1. The van der Waals surface area contributed by atoms with Crippen LogP contribution in [0.5, 0.6) is 11.5 Å². The Bertz CT molecular complexity index is 1210. The largest absolute Gasteiger partial charge is 0.497 e. The maximum Gasteiger partial charge on any atom is 0.418 e. The molecule has 1 aliphatic rings. The van der Waals surface area contributed by atoms with E-state index in [2.05, 4.69) is 24.4 Å². The molecule has 4 rings (SSSR count). The Morgan fingerprint density at radius 2 is 1.50 bits per heavy atom. The van der Waals surface area contributed by atoms with E-state index in [1.165, 1.54) is 19.8 Å². The van der Waals surface area contributed by atoms with Crippen molar-refractivity contribution in [3.8, 4) is 11.5 Å². The zero-order valence-electron chi connectivity index (χ0n) is 21.8. The van der Waals surface area contributed by atoms with Gasteiger partial charge in [-0.3, -0.25) is 9.59 Å². The van der Waals surface area contributed by atoms with E-state index in [0.29, 0.717) is 17.1 Å². The summed E-state index contributed by atoms with van der Waals surface area (Å²) in [6.07, 6.45) is -3.59. The van der Waals surface area contributed by atoms with Crippen LogP contribution in [-0.2, 0) is 14.3 Å². The zero-order valence-corrected chi connectivity index (χ0v) is 21.8. The Hall–Kier alpha value is -4.37. The first-order valence-electron chi connectivity index (χ1n) is 12.0. The third-order valence-corrected chi connectivity index (χ3v) is 5.95. The molecule has 0 aromatic heterocycles. The molecule has 1 heterocycles. The Morgan fingerprint density at radius 3 is 2.00 bits per heavy atom. The van der Waals surface area contributed by atoms with Crippen molar-refractivity contribution >= 4 is 17.9 Å². The summed E-state index contributed by atoms with van der Waals surface area (Å²) in [4.78, 5) is 38.3. The summed E-state index contributed by atoms with van der Waals surface area (Å²) >= 11 is 0. The maximum atomic E-state index is 12.7. The number of aliphatic hydroxyl groups excluding tert-OH is 1. The molecule has 200 valence electrons. The summed E-state index contributed by atoms with van der Waals surface area (Å²) in [7, 11) is 2.96. The number of imide groups is 1. The van der Waals surface area contributed by atoms with E-state index in [4.69, 9.17) is 14.2 Å². The molecule has 1 saturated heterocycles. The van der Waals surface area contributed by atoms with E-state index in [9.17, 15) is 19.5 Å². The molecule has 9 nitrogen and oxygen atoms in total. The highest BCUT2D eigenvalue weighted by molar-refractivity contribution is 6.12. The molecule has 38 heavy (non-hydrogen) atoms. The van der Waals surface area contributed by atoms with Crippen LogP contribution >= 0.6 is 0 Å². The quantitative estimate of drug-likeness (QED) is 0.432. The van der Waals surface area contributed by atoms with Crippen LogP contribution in [0.15, 0.2) is 78.9 Å². The molecule has 1 aliphatic heterocycles. The standard InChI is InChI=1S/C22H24N2O7.C7H8/c1-13(14-7-5-4-6-8-14)24-21(27)19(31-22(24)28)20(26)23-12-18(25)15-9-16(29-2)11-17(10-15)30-3;1-7-5-3-2-4-6-7/h4-11,13,18-19,25H,12H2,1-3H3,(H,23,26);2-6H,1H3. The van der Waals surface area contributed by atoms with Gasteiger partial charge >= 0.3 is 6.09 Å². The number of carbonyl (C=O) groups excluding carboxylic acids is 3. The van der Waals surface area contributed by atoms with E-state index in [1.807, 2.05) is 24.3 Å². The molecule has 0 radical (unpaired) electrons. The SMILES string of the molecule is COc1cc(OC)cc(C(O)CNC(=O)C2OC(=O)N(C(C)c3ccccc3)C2=O)c1.Cc1ccccc1. The van der Waals surface area contributed by atoms with Crippen LogP contribution in [0.2, 0.25) is 0 Å². The lowest BCUT2D eigenvalue weighted by Gasteiger charge is -2.20. The van der Waals surface area contributed by atoms with Crippen molar-refractivity contribution in [2.24, 2.45) is 0 Å². The highest BCUT2D eigenvalue weighted by Crippen LogP contribution is 2.28. The van der Waals surface area contributed by atoms with Gasteiger partial charge in [0.15, 0.2) is 0 Å². The number of benzene rings is 3. The first-order valence-corrected chi connectivity index (χ1v) is 12.0. The third-order valence-electron chi connectivity index (χ3n) is 5.95. The maximum absolute atomic E-state index is 12.7. The number of nitrogens with one attached hydrogen (secondary N) is 1. The van der Waals surface area contributed by atoms with E-state index >= 15 is 0 Å². The number of aliphatic hydroxyl groups is 1. The van der Waals surface area contributed by atoms with E-state index in [0.717, 1.165) is 10.5 Å². The minimum absolute atomic E-state index is 0.204. The predicted octanol–water partition coefficient (Wildman–Crippen LogP) is 3.96. The lowest BCUT2D eigenvalue weighted by Crippen LogP contribution is -2.43. The molecule has 0 bridgehead atoms. The second-order valence-corrected chi connectivity index (χ2v) is 8.62. The Labute approximate surface area is 221 Å². The number of methoxy groups -OCH3 is 2. The number of hydrogen-bond acceptors (Lipinski definition) is 7. The van der Waals surface area contributed by atoms with Gasteiger partial charge in [0, 0.05) is 12.6 Å². The third kappa shape index (κ3) is 7.10. The van der Waals surface area contributed by atoms with Crippen LogP contribution in [0.1, 0.15) is 35.8 Å². The van der Waals surface area contributed by atoms with Crippen LogP contribution in [-0.4, -0.2) is 54.8 Å². The average molecular weight is 521 g/mol. The summed E-state index contributed by atoms with van der Waals surface area (Å²) in [5.74, 6) is -0.609. The highest BCUT2D eigenvalue weighted by atomic mass is 16.6. The molecule has 3 atom stereocenters. The Balaban J connectivity index is 0.000000494. The van der Waals surface area contributed by atoms with Gasteiger partial charge in [-0.2, -0.15) is 0 Å². The van der Waals surface area contributed by atoms with Crippen molar-refractivity contribution in [1.29, 1.82) is 0 Å². The van der Waals surface area contributed by atoms with Gasteiger partial charge in [0.25, 0.3) is 17.9 Å². The molecular weight excluding hydrogens is 488 g/mol. The summed E-state index contributed by atoms with van der Waals surface area (Å²) in [6.45, 7) is 3.55. The number of ether oxygens (including phenoxy) is 3. The number of nitrogens with zero attached hydrogens (tertiary/aromatic N) is 1. The fourth-order valence-electron chi connectivity index (χ4n) is 3.78. The van der Waals surface area contributed by atoms with Crippen LogP contribution < -0.4 is 14.8 Å². The van der Waals surface area contributed by atoms with Crippen molar-refractivity contribution in [3.05, 3.63) is 95.6 Å². The van der Waals surface area contributed by atoms with Gasteiger partial charge < -0.3 is 24.6 Å². The molecule has 1 fully saturated rings. The first kappa shape index (κ1) is 28.2. The second-order valence-electron chi connectivity index (χ2n) is 8.62. The summed E-state index contributed by atoms with van der Waals surface area (Å²) < 4.78 is 15.3. The molecule has 0 spiro atoms. The fraction of sp³-hybridized carbons (Fsp3) is 0.276. The average Bonchev–Trinajstić information content (AvgIpc) is 3.25. The first-order chi connectivity index (χ1) is 18.2. The smallest absolute Gasteiger partial charge is 0.418 e. The van der Waals surface area contributed by atoms with Crippen molar-refractivity contribution < 1.29 is 33.7 Å². The highest BCUT2D eigenvalue weighted by Gasteiger charge is 2.47. The number of rotatable bonds is 8. The van der Waals surface area contributed by atoms with Gasteiger partial charge in [-0.1, -0.05) is 66.2 Å². The predicted molar refractivity (Wildman–Crippen MR) is 141 cm³/mol. The minimum Gasteiger partial charge on any atom is -0.497 e. The zero-order chi connectivity index (χ0) is 27.7. The fourth-order valence-corrected chi connectivity index (χ4v) is 3.78. The molecule has 9 heteroatoms. The molecule has 2 N–H and O–H groups in total. The van der Waals surface area contributed by atoms with Gasteiger partial charge in [0.2, 0.25) is 0 Å². The topological polar surface area (TPSA) is 114 Å². The number of hydrogen-bond donors (Lipinski definition) is 2. The normalized spacial score (nSPS) is 16.0. The van der Waals surface area contributed by atoms with Crippen molar-refractivity contribution in [2.45, 2.75) is 32.1 Å². The number of carbonyl (C=O) groups is 3. The van der Waals surface area contributed by atoms with Gasteiger partial charge in [0.1, 0.15) is 11.5 Å². The summed E-state index contributed by atoms with van der Waals surface area (Å²) in [5.41, 5.74) is 2.50. The monoisotopic (exact) mass is 520 g/mol. The molecule has 3 unspecified atom stereocenters. The van der Waals surface area contributed by atoms with Gasteiger partial charge in [-0.25, -0.2) is 9.69 Å². The van der Waals surface area contributed by atoms with Gasteiger partial charge in [-0.05, 0) is 37.1 Å². The Morgan fingerprint density at radius 1 is 0.947 bits per heavy atom. The van der Waals surface area contributed by atoms with Gasteiger partial charge in [0.05, 0.1) is 26.4 Å². The molecule has 3 aromatic rings. The van der Waals surface area contributed by atoms with Crippen LogP contribution in [0.25, 0.3) is 0 Å². The van der Waals surface area contributed by atoms with Crippen molar-refractivity contribution in [3.63, 3.8) is 0 Å². The minimum atomic E-state index is -1.61. The summed E-state index contributed by atoms with van der Waals surface area (Å²) in [5, 5.41) is 12.9.